The fourth-order valence-corrected chi connectivity index (χ4v) is 3.44. The van der Waals surface area contributed by atoms with Crippen molar-refractivity contribution in [3.05, 3.63) is 66.7 Å². The first-order valence-corrected chi connectivity index (χ1v) is 8.60. The topological polar surface area (TPSA) is 62.1 Å². The van der Waals surface area contributed by atoms with E-state index in [4.69, 9.17) is 4.98 Å². The minimum Gasteiger partial charge on any atom is -0.506 e. The van der Waals surface area contributed by atoms with Crippen molar-refractivity contribution in [2.75, 3.05) is 11.4 Å². The van der Waals surface area contributed by atoms with Crippen LogP contribution in [-0.2, 0) is 0 Å². The first kappa shape index (κ1) is 15.6. The summed E-state index contributed by atoms with van der Waals surface area (Å²) in [7, 11) is 0. The standard InChI is InChI=1S/C20H20N4O/c25-18-8-9-19(23-20(18)16-6-4-11-22-14-16)24-12-2-1-7-17(24)15-5-3-10-21-13-15/h3-6,8-11,13-14,17,25H,1-2,7,12H2. The molecule has 4 heterocycles. The van der Waals surface area contributed by atoms with Crippen molar-refractivity contribution in [2.45, 2.75) is 25.3 Å². The summed E-state index contributed by atoms with van der Waals surface area (Å²) in [5.41, 5.74) is 2.60. The van der Waals surface area contributed by atoms with E-state index < -0.39 is 0 Å². The highest BCUT2D eigenvalue weighted by molar-refractivity contribution is 5.67. The first-order valence-electron chi connectivity index (χ1n) is 8.60. The molecule has 1 aliphatic rings. The molecule has 0 aromatic carbocycles. The van der Waals surface area contributed by atoms with E-state index in [0.29, 0.717) is 5.69 Å². The van der Waals surface area contributed by atoms with Gasteiger partial charge in [0.05, 0.1) is 6.04 Å². The zero-order chi connectivity index (χ0) is 17.1. The van der Waals surface area contributed by atoms with Gasteiger partial charge < -0.3 is 10.0 Å². The van der Waals surface area contributed by atoms with Crippen LogP contribution in [0.5, 0.6) is 5.75 Å². The number of hydrogen-bond acceptors (Lipinski definition) is 5. The second kappa shape index (κ2) is 6.89. The van der Waals surface area contributed by atoms with Crippen LogP contribution < -0.4 is 4.90 Å². The Kier molecular flexibility index (Phi) is 4.29. The van der Waals surface area contributed by atoms with E-state index in [9.17, 15) is 5.11 Å². The molecule has 0 bridgehead atoms. The number of nitrogens with zero attached hydrogens (tertiary/aromatic N) is 4. The van der Waals surface area contributed by atoms with Gasteiger partial charge in [-0.3, -0.25) is 9.97 Å². The minimum atomic E-state index is 0.173. The molecule has 0 aliphatic carbocycles. The van der Waals surface area contributed by atoms with Gasteiger partial charge in [-0.05, 0) is 55.2 Å². The summed E-state index contributed by atoms with van der Waals surface area (Å²) < 4.78 is 0. The molecular formula is C20H20N4O. The lowest BCUT2D eigenvalue weighted by atomic mass is 9.96. The Morgan fingerprint density at radius 2 is 1.80 bits per heavy atom. The van der Waals surface area contributed by atoms with Crippen LogP contribution in [0.15, 0.2) is 61.2 Å². The summed E-state index contributed by atoms with van der Waals surface area (Å²) in [5.74, 6) is 1.05. The predicted octanol–water partition coefficient (Wildman–Crippen LogP) is 3.98. The quantitative estimate of drug-likeness (QED) is 0.786. The van der Waals surface area contributed by atoms with Crippen LogP contribution in [-0.4, -0.2) is 26.6 Å². The second-order valence-corrected chi connectivity index (χ2v) is 6.27. The van der Waals surface area contributed by atoms with E-state index >= 15 is 0 Å². The summed E-state index contributed by atoms with van der Waals surface area (Å²) >= 11 is 0. The molecule has 1 saturated heterocycles. The van der Waals surface area contributed by atoms with E-state index in [2.05, 4.69) is 20.9 Å². The highest BCUT2D eigenvalue weighted by Crippen LogP contribution is 2.36. The molecule has 25 heavy (non-hydrogen) atoms. The van der Waals surface area contributed by atoms with Gasteiger partial charge in [0.2, 0.25) is 0 Å². The Labute approximate surface area is 147 Å². The van der Waals surface area contributed by atoms with E-state index in [1.807, 2.05) is 30.5 Å². The van der Waals surface area contributed by atoms with Crippen molar-refractivity contribution in [2.24, 2.45) is 0 Å². The zero-order valence-corrected chi connectivity index (χ0v) is 13.9. The molecule has 1 N–H and O–H groups in total. The smallest absolute Gasteiger partial charge is 0.142 e. The highest BCUT2D eigenvalue weighted by Gasteiger charge is 2.26. The van der Waals surface area contributed by atoms with Gasteiger partial charge >= 0.3 is 0 Å². The molecule has 0 radical (unpaired) electrons. The summed E-state index contributed by atoms with van der Waals surface area (Å²) in [6, 6.07) is 11.7. The Morgan fingerprint density at radius 3 is 2.56 bits per heavy atom. The van der Waals surface area contributed by atoms with Gasteiger partial charge in [0.15, 0.2) is 0 Å². The molecule has 1 unspecified atom stereocenters. The normalized spacial score (nSPS) is 17.4. The molecule has 4 rings (SSSR count). The lowest BCUT2D eigenvalue weighted by Crippen LogP contribution is -2.34. The van der Waals surface area contributed by atoms with Crippen LogP contribution in [0.4, 0.5) is 5.82 Å². The molecular weight excluding hydrogens is 312 g/mol. The number of aromatic nitrogens is 3. The number of hydrogen-bond donors (Lipinski definition) is 1. The predicted molar refractivity (Wildman–Crippen MR) is 97.3 cm³/mol. The van der Waals surface area contributed by atoms with Crippen molar-refractivity contribution < 1.29 is 5.11 Å². The van der Waals surface area contributed by atoms with Crippen molar-refractivity contribution >= 4 is 5.82 Å². The van der Waals surface area contributed by atoms with Crippen LogP contribution in [0.25, 0.3) is 11.3 Å². The summed E-state index contributed by atoms with van der Waals surface area (Å²) in [4.78, 5) is 15.5. The molecule has 3 aromatic rings. The van der Waals surface area contributed by atoms with Gasteiger partial charge in [-0.15, -0.1) is 0 Å². The third kappa shape index (κ3) is 3.18. The van der Waals surface area contributed by atoms with Crippen LogP contribution in [0.2, 0.25) is 0 Å². The van der Waals surface area contributed by atoms with Crippen LogP contribution in [0.1, 0.15) is 30.9 Å². The van der Waals surface area contributed by atoms with Crippen molar-refractivity contribution in [3.8, 4) is 17.0 Å². The fourth-order valence-electron chi connectivity index (χ4n) is 3.44. The van der Waals surface area contributed by atoms with E-state index in [1.54, 1.807) is 24.7 Å². The van der Waals surface area contributed by atoms with Crippen molar-refractivity contribution in [1.82, 2.24) is 15.0 Å². The monoisotopic (exact) mass is 332 g/mol. The van der Waals surface area contributed by atoms with E-state index in [0.717, 1.165) is 30.8 Å². The fraction of sp³-hybridized carbons (Fsp3) is 0.250. The molecule has 0 amide bonds. The van der Waals surface area contributed by atoms with Crippen LogP contribution >= 0.6 is 0 Å². The van der Waals surface area contributed by atoms with Gasteiger partial charge in [-0.2, -0.15) is 0 Å². The number of rotatable bonds is 3. The Bertz CT molecular complexity index is 839. The Hall–Kier alpha value is -2.95. The van der Waals surface area contributed by atoms with Crippen LogP contribution in [0.3, 0.4) is 0 Å². The number of aromatic hydroxyl groups is 1. The van der Waals surface area contributed by atoms with Crippen molar-refractivity contribution in [3.63, 3.8) is 0 Å². The first-order chi connectivity index (χ1) is 12.3. The van der Waals surface area contributed by atoms with Gasteiger partial charge in [0.1, 0.15) is 17.3 Å². The average molecular weight is 332 g/mol. The highest BCUT2D eigenvalue weighted by atomic mass is 16.3. The second-order valence-electron chi connectivity index (χ2n) is 6.27. The summed E-state index contributed by atoms with van der Waals surface area (Å²) in [5, 5.41) is 10.3. The third-order valence-corrected chi connectivity index (χ3v) is 4.66. The van der Waals surface area contributed by atoms with Crippen LogP contribution in [0, 0.1) is 0 Å². The maximum Gasteiger partial charge on any atom is 0.142 e. The number of piperidine rings is 1. The zero-order valence-electron chi connectivity index (χ0n) is 13.9. The third-order valence-electron chi connectivity index (χ3n) is 4.66. The van der Waals surface area contributed by atoms with Crippen molar-refractivity contribution in [1.29, 1.82) is 0 Å². The van der Waals surface area contributed by atoms with Gasteiger partial charge in [0.25, 0.3) is 0 Å². The summed E-state index contributed by atoms with van der Waals surface area (Å²) in [6.07, 6.45) is 10.6. The number of pyridine rings is 3. The van der Waals surface area contributed by atoms with Gasteiger partial charge in [-0.25, -0.2) is 4.98 Å². The molecule has 0 spiro atoms. The molecule has 5 heteroatoms. The van der Waals surface area contributed by atoms with Gasteiger partial charge in [-0.1, -0.05) is 6.07 Å². The minimum absolute atomic E-state index is 0.173. The molecule has 1 fully saturated rings. The molecule has 1 atom stereocenters. The lowest BCUT2D eigenvalue weighted by molar-refractivity contribution is 0.463. The molecule has 1 aliphatic heterocycles. The Balaban J connectivity index is 1.73. The molecule has 5 nitrogen and oxygen atoms in total. The van der Waals surface area contributed by atoms with E-state index in [1.165, 1.54) is 12.0 Å². The Morgan fingerprint density at radius 1 is 0.960 bits per heavy atom. The number of anilines is 1. The SMILES string of the molecule is Oc1ccc(N2CCCCC2c2cccnc2)nc1-c1cccnc1. The lowest BCUT2D eigenvalue weighted by Gasteiger charge is -2.37. The average Bonchev–Trinajstić information content (AvgIpc) is 2.70. The van der Waals surface area contributed by atoms with E-state index in [-0.39, 0.29) is 11.8 Å². The maximum atomic E-state index is 10.3. The summed E-state index contributed by atoms with van der Waals surface area (Å²) in [6.45, 7) is 0.948. The molecule has 3 aromatic heterocycles. The molecule has 126 valence electrons. The van der Waals surface area contributed by atoms with Gasteiger partial charge in [0, 0.05) is 36.9 Å². The molecule has 0 saturated carbocycles. The maximum absolute atomic E-state index is 10.3. The largest absolute Gasteiger partial charge is 0.506 e.